The van der Waals surface area contributed by atoms with Crippen molar-refractivity contribution in [1.29, 1.82) is 0 Å². The van der Waals surface area contributed by atoms with E-state index in [0.29, 0.717) is 18.7 Å². The Balaban J connectivity index is 1.82. The predicted octanol–water partition coefficient (Wildman–Crippen LogP) is 2.03. The van der Waals surface area contributed by atoms with E-state index in [1.54, 1.807) is 6.20 Å². The Kier molecular flexibility index (Phi) is 3.96. The maximum Gasteiger partial charge on any atom is 0.208 e. The number of aromatic nitrogens is 1. The first-order valence-corrected chi connectivity index (χ1v) is 6.06. The molecule has 90 valence electrons. The number of hydrogen-bond acceptors (Lipinski definition) is 4. The molecule has 16 heavy (non-hydrogen) atoms. The Morgan fingerprint density at radius 1 is 1.62 bits per heavy atom. The monoisotopic (exact) mass is 224 g/mol. The molecular formula is C12H20N2O2. The van der Waals surface area contributed by atoms with Crippen LogP contribution in [0.2, 0.25) is 0 Å². The van der Waals surface area contributed by atoms with Crippen LogP contribution < -0.4 is 5.32 Å². The first-order valence-electron chi connectivity index (χ1n) is 6.06. The molecule has 1 aromatic heterocycles. The lowest BCUT2D eigenvalue weighted by atomic mass is 10.1. The van der Waals surface area contributed by atoms with Gasteiger partial charge in [0.05, 0.1) is 18.8 Å². The van der Waals surface area contributed by atoms with Crippen molar-refractivity contribution in [3.8, 4) is 0 Å². The SMILES string of the molecule is CCC(NCc1ncc(C)o1)C1CCCO1. The van der Waals surface area contributed by atoms with Crippen LogP contribution in [0.15, 0.2) is 10.6 Å². The van der Waals surface area contributed by atoms with Crippen LogP contribution >= 0.6 is 0 Å². The highest BCUT2D eigenvalue weighted by Gasteiger charge is 2.24. The molecular weight excluding hydrogens is 204 g/mol. The van der Waals surface area contributed by atoms with E-state index in [1.807, 2.05) is 6.92 Å². The van der Waals surface area contributed by atoms with Crippen LogP contribution in [-0.4, -0.2) is 23.7 Å². The van der Waals surface area contributed by atoms with E-state index >= 15 is 0 Å². The minimum absolute atomic E-state index is 0.362. The van der Waals surface area contributed by atoms with Crippen molar-refractivity contribution in [3.63, 3.8) is 0 Å². The standard InChI is InChI=1S/C12H20N2O2/c1-3-10(11-5-4-6-15-11)13-8-12-14-7-9(2)16-12/h7,10-11,13H,3-6,8H2,1-2H3. The second kappa shape index (κ2) is 5.46. The minimum Gasteiger partial charge on any atom is -0.445 e. The fourth-order valence-electron chi connectivity index (χ4n) is 2.16. The molecule has 1 N–H and O–H groups in total. The highest BCUT2D eigenvalue weighted by molar-refractivity contribution is 4.91. The summed E-state index contributed by atoms with van der Waals surface area (Å²) < 4.78 is 11.1. The molecule has 4 nitrogen and oxygen atoms in total. The first kappa shape index (κ1) is 11.6. The van der Waals surface area contributed by atoms with Crippen LogP contribution in [0.25, 0.3) is 0 Å². The van der Waals surface area contributed by atoms with Gasteiger partial charge in [-0.15, -0.1) is 0 Å². The molecule has 0 aromatic carbocycles. The average molecular weight is 224 g/mol. The summed E-state index contributed by atoms with van der Waals surface area (Å²) in [6, 6.07) is 0.412. The minimum atomic E-state index is 0.362. The number of aryl methyl sites for hydroxylation is 1. The van der Waals surface area contributed by atoms with Crippen LogP contribution in [0.1, 0.15) is 37.8 Å². The summed E-state index contributed by atoms with van der Waals surface area (Å²) in [5.41, 5.74) is 0. The van der Waals surface area contributed by atoms with Gasteiger partial charge < -0.3 is 14.5 Å². The molecule has 1 aromatic rings. The first-order chi connectivity index (χ1) is 7.79. The Labute approximate surface area is 96.4 Å². The zero-order chi connectivity index (χ0) is 11.4. The number of nitrogens with one attached hydrogen (secondary N) is 1. The van der Waals surface area contributed by atoms with Crippen molar-refractivity contribution in [1.82, 2.24) is 10.3 Å². The summed E-state index contributed by atoms with van der Waals surface area (Å²) in [6.07, 6.45) is 5.53. The van der Waals surface area contributed by atoms with E-state index in [0.717, 1.165) is 31.1 Å². The molecule has 0 saturated carbocycles. The zero-order valence-electron chi connectivity index (χ0n) is 10.0. The molecule has 1 fully saturated rings. The third kappa shape index (κ3) is 2.83. The molecule has 0 amide bonds. The third-order valence-corrected chi connectivity index (χ3v) is 3.04. The van der Waals surface area contributed by atoms with Crippen LogP contribution in [0, 0.1) is 6.92 Å². The van der Waals surface area contributed by atoms with Gasteiger partial charge in [0.25, 0.3) is 0 Å². The molecule has 1 aliphatic rings. The van der Waals surface area contributed by atoms with Crippen LogP contribution in [0.3, 0.4) is 0 Å². The molecule has 0 radical (unpaired) electrons. The Morgan fingerprint density at radius 2 is 2.50 bits per heavy atom. The van der Waals surface area contributed by atoms with E-state index in [1.165, 1.54) is 6.42 Å². The number of rotatable bonds is 5. The maximum atomic E-state index is 5.69. The lowest BCUT2D eigenvalue weighted by Crippen LogP contribution is -2.38. The predicted molar refractivity (Wildman–Crippen MR) is 61.1 cm³/mol. The second-order valence-electron chi connectivity index (χ2n) is 4.31. The van der Waals surface area contributed by atoms with Gasteiger partial charge in [-0.3, -0.25) is 0 Å². The van der Waals surface area contributed by atoms with E-state index < -0.39 is 0 Å². The van der Waals surface area contributed by atoms with Crippen molar-refractivity contribution < 1.29 is 9.15 Å². The highest BCUT2D eigenvalue weighted by Crippen LogP contribution is 2.17. The molecule has 0 spiro atoms. The summed E-state index contributed by atoms with van der Waals surface area (Å²) in [6.45, 7) is 5.68. The Bertz CT molecular complexity index is 319. The molecule has 1 saturated heterocycles. The van der Waals surface area contributed by atoms with Crippen molar-refractivity contribution in [2.24, 2.45) is 0 Å². The summed E-state index contributed by atoms with van der Waals surface area (Å²) >= 11 is 0. The summed E-state index contributed by atoms with van der Waals surface area (Å²) in [5.74, 6) is 1.62. The quantitative estimate of drug-likeness (QED) is 0.831. The molecule has 0 aliphatic carbocycles. The lowest BCUT2D eigenvalue weighted by molar-refractivity contribution is 0.0756. The van der Waals surface area contributed by atoms with Crippen LogP contribution in [0.4, 0.5) is 0 Å². The number of hydrogen-bond donors (Lipinski definition) is 1. The van der Waals surface area contributed by atoms with Crippen molar-refractivity contribution in [2.75, 3.05) is 6.61 Å². The maximum absolute atomic E-state index is 5.69. The van der Waals surface area contributed by atoms with Gasteiger partial charge in [-0.2, -0.15) is 0 Å². The summed E-state index contributed by atoms with van der Waals surface area (Å²) in [7, 11) is 0. The summed E-state index contributed by atoms with van der Waals surface area (Å²) in [5, 5.41) is 3.46. The second-order valence-corrected chi connectivity index (χ2v) is 4.31. The number of oxazole rings is 1. The Hall–Kier alpha value is -0.870. The fourth-order valence-corrected chi connectivity index (χ4v) is 2.16. The smallest absolute Gasteiger partial charge is 0.208 e. The molecule has 1 aliphatic heterocycles. The molecule has 0 bridgehead atoms. The highest BCUT2D eigenvalue weighted by atomic mass is 16.5. The average Bonchev–Trinajstić information content (AvgIpc) is 2.91. The third-order valence-electron chi connectivity index (χ3n) is 3.04. The van der Waals surface area contributed by atoms with Crippen LogP contribution in [-0.2, 0) is 11.3 Å². The van der Waals surface area contributed by atoms with Gasteiger partial charge >= 0.3 is 0 Å². The van der Waals surface area contributed by atoms with Crippen molar-refractivity contribution >= 4 is 0 Å². The zero-order valence-corrected chi connectivity index (χ0v) is 10.0. The normalized spacial score (nSPS) is 22.5. The molecule has 4 heteroatoms. The van der Waals surface area contributed by atoms with Crippen LogP contribution in [0.5, 0.6) is 0 Å². The molecule has 2 heterocycles. The fraction of sp³-hybridized carbons (Fsp3) is 0.750. The molecule has 2 atom stereocenters. The van der Waals surface area contributed by atoms with Crippen molar-refractivity contribution in [2.45, 2.75) is 51.8 Å². The van der Waals surface area contributed by atoms with Gasteiger partial charge in [0.15, 0.2) is 0 Å². The van der Waals surface area contributed by atoms with E-state index in [4.69, 9.17) is 9.15 Å². The van der Waals surface area contributed by atoms with E-state index in [2.05, 4.69) is 17.2 Å². The van der Waals surface area contributed by atoms with Gasteiger partial charge in [-0.05, 0) is 26.2 Å². The largest absolute Gasteiger partial charge is 0.445 e. The number of ether oxygens (including phenoxy) is 1. The molecule has 2 unspecified atom stereocenters. The van der Waals surface area contributed by atoms with Crippen molar-refractivity contribution in [3.05, 3.63) is 17.8 Å². The topological polar surface area (TPSA) is 47.3 Å². The molecule has 2 rings (SSSR count). The summed E-state index contributed by atoms with van der Waals surface area (Å²) in [4.78, 5) is 4.18. The van der Waals surface area contributed by atoms with Gasteiger partial charge in [0, 0.05) is 12.6 Å². The number of nitrogens with zero attached hydrogens (tertiary/aromatic N) is 1. The lowest BCUT2D eigenvalue weighted by Gasteiger charge is -2.22. The van der Waals surface area contributed by atoms with E-state index in [-0.39, 0.29) is 0 Å². The van der Waals surface area contributed by atoms with Gasteiger partial charge in [0.2, 0.25) is 5.89 Å². The van der Waals surface area contributed by atoms with E-state index in [9.17, 15) is 0 Å². The van der Waals surface area contributed by atoms with Gasteiger partial charge in [0.1, 0.15) is 5.76 Å². The Morgan fingerprint density at radius 3 is 3.06 bits per heavy atom. The van der Waals surface area contributed by atoms with Gasteiger partial charge in [-0.1, -0.05) is 6.92 Å². The van der Waals surface area contributed by atoms with Gasteiger partial charge in [-0.25, -0.2) is 4.98 Å².